The molecule has 0 aliphatic heterocycles. The van der Waals surface area contributed by atoms with Gasteiger partial charge in [-0.15, -0.1) is 0 Å². The Morgan fingerprint density at radius 2 is 1.82 bits per heavy atom. The Labute approximate surface area is 173 Å². The third kappa shape index (κ3) is 3.60. The van der Waals surface area contributed by atoms with Crippen LogP contribution in [-0.2, 0) is 0 Å². The van der Waals surface area contributed by atoms with Gasteiger partial charge in [0.1, 0.15) is 32.4 Å². The van der Waals surface area contributed by atoms with E-state index in [4.69, 9.17) is 0 Å². The van der Waals surface area contributed by atoms with E-state index in [1.165, 1.54) is 24.7 Å². The van der Waals surface area contributed by atoms with Crippen molar-refractivity contribution in [2.24, 2.45) is 0 Å². The number of fused-ring (bicyclic) bond motifs is 1. The third-order valence-corrected chi connectivity index (χ3v) is 4.68. The molecule has 3 aromatic heterocycles. The summed E-state index contributed by atoms with van der Waals surface area (Å²) in [5.74, 6) is -1.21. The number of hydrogen-bond acceptors (Lipinski definition) is 6. The number of hydrogen-bond donors (Lipinski definition) is 2. The number of aliphatic hydroxyl groups is 1. The van der Waals surface area contributed by atoms with Crippen LogP contribution in [0.3, 0.4) is 0 Å². The van der Waals surface area contributed by atoms with E-state index in [2.05, 4.69) is 57.1 Å². The molecule has 0 spiro atoms. The summed E-state index contributed by atoms with van der Waals surface area (Å²) in [4.78, 5) is 16.6. The first kappa shape index (κ1) is 18.8. The van der Waals surface area contributed by atoms with E-state index in [1.54, 1.807) is 10.6 Å². The van der Waals surface area contributed by atoms with Crippen molar-refractivity contribution >= 4 is 43.3 Å². The Kier molecular flexibility index (Phi) is 5.04. The number of nitrogens with one attached hydrogen (secondary N) is 1. The van der Waals surface area contributed by atoms with Gasteiger partial charge in [0.25, 0.3) is 0 Å². The SMILES string of the molecule is OC(Nc1cnc(Br)cn1)c1c(-c2ccc(F)cc2F)nc2cnc(Br)cn12. The van der Waals surface area contributed by atoms with Crippen LogP contribution >= 0.6 is 31.9 Å². The molecule has 1 aromatic carbocycles. The number of halogens is 4. The number of nitrogens with zero attached hydrogens (tertiary/aromatic N) is 5. The number of rotatable bonds is 4. The molecule has 11 heteroatoms. The average molecular weight is 512 g/mol. The van der Waals surface area contributed by atoms with Crippen LogP contribution in [0.4, 0.5) is 14.6 Å². The van der Waals surface area contributed by atoms with Crippen LogP contribution in [0.2, 0.25) is 0 Å². The standard InChI is InChI=1S/C17H10Br2F2N6O/c18-11-4-24-13(5-22-11)25-17(28)16-15(9-2-1-8(20)3-10(9)21)26-14-6-23-12(19)7-27(14)16/h1-7,17,28H,(H,24,25). The maximum atomic E-state index is 14.4. The second kappa shape index (κ2) is 7.49. The Morgan fingerprint density at radius 3 is 2.54 bits per heavy atom. The molecular weight excluding hydrogens is 502 g/mol. The largest absolute Gasteiger partial charge is 0.368 e. The summed E-state index contributed by atoms with van der Waals surface area (Å²) in [6, 6.07) is 3.16. The normalized spacial score (nSPS) is 12.3. The first-order valence-electron chi connectivity index (χ1n) is 7.83. The van der Waals surface area contributed by atoms with Crippen molar-refractivity contribution in [3.63, 3.8) is 0 Å². The second-order valence-corrected chi connectivity index (χ2v) is 7.30. The van der Waals surface area contributed by atoms with Crippen LogP contribution in [0.5, 0.6) is 0 Å². The molecule has 0 aliphatic carbocycles. The van der Waals surface area contributed by atoms with Gasteiger partial charge in [0.05, 0.1) is 24.3 Å². The molecule has 0 saturated heterocycles. The zero-order valence-corrected chi connectivity index (χ0v) is 17.0. The lowest BCUT2D eigenvalue weighted by Gasteiger charge is -2.15. The highest BCUT2D eigenvalue weighted by molar-refractivity contribution is 9.10. The van der Waals surface area contributed by atoms with Gasteiger partial charge in [-0.2, -0.15) is 0 Å². The minimum absolute atomic E-state index is 0.0407. The number of imidazole rings is 1. The Balaban J connectivity index is 1.86. The van der Waals surface area contributed by atoms with Crippen LogP contribution in [0.25, 0.3) is 16.9 Å². The van der Waals surface area contributed by atoms with E-state index < -0.39 is 17.9 Å². The zero-order valence-electron chi connectivity index (χ0n) is 13.8. The topological polar surface area (TPSA) is 88.2 Å². The highest BCUT2D eigenvalue weighted by Crippen LogP contribution is 2.32. The van der Waals surface area contributed by atoms with E-state index in [1.807, 2.05) is 0 Å². The molecule has 0 fully saturated rings. The summed E-state index contributed by atoms with van der Waals surface area (Å²) in [5.41, 5.74) is 0.787. The van der Waals surface area contributed by atoms with Gasteiger partial charge < -0.3 is 10.4 Å². The van der Waals surface area contributed by atoms with Crippen LogP contribution < -0.4 is 5.32 Å². The van der Waals surface area contributed by atoms with Gasteiger partial charge in [0.15, 0.2) is 11.9 Å². The molecular formula is C17H10Br2F2N6O. The Hall–Kier alpha value is -2.50. The molecule has 3 heterocycles. The van der Waals surface area contributed by atoms with Gasteiger partial charge in [-0.05, 0) is 44.0 Å². The maximum absolute atomic E-state index is 14.4. The predicted octanol–water partition coefficient (Wildman–Crippen LogP) is 4.09. The molecule has 0 bridgehead atoms. The van der Waals surface area contributed by atoms with E-state index in [0.717, 1.165) is 12.1 Å². The van der Waals surface area contributed by atoms with Crippen molar-refractivity contribution in [2.45, 2.75) is 6.23 Å². The molecule has 0 saturated carbocycles. The van der Waals surface area contributed by atoms with E-state index in [9.17, 15) is 13.9 Å². The molecule has 28 heavy (non-hydrogen) atoms. The van der Waals surface area contributed by atoms with E-state index in [0.29, 0.717) is 20.7 Å². The van der Waals surface area contributed by atoms with Crippen molar-refractivity contribution in [2.75, 3.05) is 5.32 Å². The Morgan fingerprint density at radius 1 is 1.04 bits per heavy atom. The quantitative estimate of drug-likeness (QED) is 0.401. The summed E-state index contributed by atoms with van der Waals surface area (Å²) in [5, 5.41) is 13.6. The average Bonchev–Trinajstić information content (AvgIpc) is 3.02. The van der Waals surface area contributed by atoms with Crippen LogP contribution in [0.15, 0.2) is 52.2 Å². The third-order valence-electron chi connectivity index (χ3n) is 3.86. The minimum Gasteiger partial charge on any atom is -0.368 e. The highest BCUT2D eigenvalue weighted by Gasteiger charge is 2.24. The van der Waals surface area contributed by atoms with Gasteiger partial charge in [-0.3, -0.25) is 4.40 Å². The number of anilines is 1. The first-order chi connectivity index (χ1) is 13.4. The summed E-state index contributed by atoms with van der Waals surface area (Å²) < 4.78 is 30.3. The van der Waals surface area contributed by atoms with Crippen molar-refractivity contribution in [3.05, 3.63) is 69.5 Å². The first-order valence-corrected chi connectivity index (χ1v) is 9.42. The molecule has 0 amide bonds. The smallest absolute Gasteiger partial charge is 0.169 e. The summed E-state index contributed by atoms with van der Waals surface area (Å²) in [7, 11) is 0. The molecule has 1 atom stereocenters. The molecule has 2 N–H and O–H groups in total. The predicted molar refractivity (Wildman–Crippen MR) is 104 cm³/mol. The van der Waals surface area contributed by atoms with Crippen molar-refractivity contribution in [1.82, 2.24) is 24.3 Å². The summed E-state index contributed by atoms with van der Waals surface area (Å²) >= 11 is 6.45. The van der Waals surface area contributed by atoms with Gasteiger partial charge >= 0.3 is 0 Å². The van der Waals surface area contributed by atoms with Crippen molar-refractivity contribution in [3.8, 4) is 11.3 Å². The van der Waals surface area contributed by atoms with Gasteiger partial charge in [-0.25, -0.2) is 28.7 Å². The lowest BCUT2D eigenvalue weighted by molar-refractivity contribution is 0.202. The van der Waals surface area contributed by atoms with Crippen molar-refractivity contribution in [1.29, 1.82) is 0 Å². The number of aromatic nitrogens is 5. The molecule has 7 nitrogen and oxygen atoms in total. The van der Waals surface area contributed by atoms with Gasteiger partial charge in [0.2, 0.25) is 0 Å². The van der Waals surface area contributed by atoms with Crippen molar-refractivity contribution < 1.29 is 13.9 Å². The van der Waals surface area contributed by atoms with Gasteiger partial charge in [0, 0.05) is 17.8 Å². The fourth-order valence-electron chi connectivity index (χ4n) is 2.69. The number of aliphatic hydroxyl groups excluding tert-OH is 1. The van der Waals surface area contributed by atoms with Crippen LogP contribution in [-0.4, -0.2) is 29.4 Å². The van der Waals surface area contributed by atoms with Gasteiger partial charge in [-0.1, -0.05) is 0 Å². The van der Waals surface area contributed by atoms with E-state index >= 15 is 0 Å². The molecule has 4 aromatic rings. The lowest BCUT2D eigenvalue weighted by Crippen LogP contribution is -2.14. The van der Waals surface area contributed by atoms with Crippen LogP contribution in [0.1, 0.15) is 11.9 Å². The maximum Gasteiger partial charge on any atom is 0.169 e. The second-order valence-electron chi connectivity index (χ2n) is 5.68. The molecule has 0 aliphatic rings. The Bertz CT molecular complexity index is 1170. The molecule has 1 unspecified atom stereocenters. The van der Waals surface area contributed by atoms with E-state index in [-0.39, 0.29) is 17.0 Å². The zero-order chi connectivity index (χ0) is 19.8. The fourth-order valence-corrected chi connectivity index (χ4v) is 3.20. The lowest BCUT2D eigenvalue weighted by atomic mass is 10.1. The fraction of sp³-hybridized carbons (Fsp3) is 0.0588. The highest BCUT2D eigenvalue weighted by atomic mass is 79.9. The monoisotopic (exact) mass is 510 g/mol. The van der Waals surface area contributed by atoms with Crippen LogP contribution in [0, 0.1) is 11.6 Å². The molecule has 0 radical (unpaired) electrons. The molecule has 142 valence electrons. The number of benzene rings is 1. The summed E-state index contributed by atoms with van der Waals surface area (Å²) in [6.45, 7) is 0. The minimum atomic E-state index is -1.32. The molecule has 4 rings (SSSR count). The summed E-state index contributed by atoms with van der Waals surface area (Å²) in [6.07, 6.45) is 4.61.